The van der Waals surface area contributed by atoms with Crippen LogP contribution in [0.25, 0.3) is 0 Å². The number of rotatable bonds is 4. The van der Waals surface area contributed by atoms with Crippen molar-refractivity contribution in [3.63, 3.8) is 0 Å². The summed E-state index contributed by atoms with van der Waals surface area (Å²) >= 11 is 0. The molecular formula is C10H18N4O. The highest BCUT2D eigenvalue weighted by molar-refractivity contribution is 4.99. The Morgan fingerprint density at radius 1 is 1.53 bits per heavy atom. The van der Waals surface area contributed by atoms with E-state index >= 15 is 0 Å². The van der Waals surface area contributed by atoms with E-state index in [9.17, 15) is 0 Å². The quantitative estimate of drug-likeness (QED) is 0.777. The molecule has 0 saturated carbocycles. The highest BCUT2D eigenvalue weighted by atomic mass is 16.5. The molecule has 0 amide bonds. The first-order chi connectivity index (χ1) is 7.33. The first kappa shape index (κ1) is 10.6. The molecule has 1 fully saturated rings. The highest BCUT2D eigenvalue weighted by Crippen LogP contribution is 2.18. The monoisotopic (exact) mass is 210 g/mol. The summed E-state index contributed by atoms with van der Waals surface area (Å²) in [6.07, 6.45) is 2.01. The van der Waals surface area contributed by atoms with E-state index in [0.717, 1.165) is 31.2 Å². The molecule has 1 unspecified atom stereocenters. The fraction of sp³-hybridized carbons (Fsp3) is 0.800. The van der Waals surface area contributed by atoms with Crippen molar-refractivity contribution in [3.8, 4) is 0 Å². The average molecular weight is 210 g/mol. The topological polar surface area (TPSA) is 52.0 Å². The van der Waals surface area contributed by atoms with Crippen LogP contribution in [0.5, 0.6) is 0 Å². The minimum Gasteiger partial charge on any atom is -0.384 e. The molecule has 0 spiro atoms. The lowest BCUT2D eigenvalue weighted by Gasteiger charge is -2.14. The van der Waals surface area contributed by atoms with Gasteiger partial charge in [0.25, 0.3) is 0 Å². The summed E-state index contributed by atoms with van der Waals surface area (Å²) in [5.41, 5.74) is 0. The summed E-state index contributed by atoms with van der Waals surface area (Å²) in [5.74, 6) is 2.05. The van der Waals surface area contributed by atoms with Crippen molar-refractivity contribution in [2.24, 2.45) is 0 Å². The molecule has 1 aromatic heterocycles. The molecule has 15 heavy (non-hydrogen) atoms. The molecule has 0 bridgehead atoms. The van der Waals surface area contributed by atoms with Gasteiger partial charge in [0.2, 0.25) is 0 Å². The van der Waals surface area contributed by atoms with Gasteiger partial charge in [0.15, 0.2) is 0 Å². The molecule has 1 aliphatic rings. The zero-order valence-corrected chi connectivity index (χ0v) is 9.36. The Hall–Kier alpha value is -0.940. The van der Waals surface area contributed by atoms with E-state index in [1.807, 2.05) is 6.92 Å². The van der Waals surface area contributed by atoms with Crippen LogP contribution in [0.3, 0.4) is 0 Å². The molecule has 5 nitrogen and oxygen atoms in total. The SMILES string of the molecule is COCCc1nnc(C)n1C1CCNC1. The molecule has 1 saturated heterocycles. The summed E-state index contributed by atoms with van der Waals surface area (Å²) in [6.45, 7) is 4.84. The van der Waals surface area contributed by atoms with E-state index in [4.69, 9.17) is 4.74 Å². The molecule has 1 aliphatic heterocycles. The van der Waals surface area contributed by atoms with Gasteiger partial charge in [-0.05, 0) is 19.9 Å². The van der Waals surface area contributed by atoms with Gasteiger partial charge in [-0.3, -0.25) is 0 Å². The van der Waals surface area contributed by atoms with E-state index in [-0.39, 0.29) is 0 Å². The predicted molar refractivity (Wildman–Crippen MR) is 56.9 cm³/mol. The lowest BCUT2D eigenvalue weighted by Crippen LogP contribution is -2.17. The maximum absolute atomic E-state index is 5.08. The molecule has 0 aromatic carbocycles. The average Bonchev–Trinajstić information content (AvgIpc) is 2.84. The second-order valence-corrected chi connectivity index (χ2v) is 3.92. The molecule has 2 rings (SSSR count). The fourth-order valence-electron chi connectivity index (χ4n) is 2.11. The van der Waals surface area contributed by atoms with Crippen molar-refractivity contribution >= 4 is 0 Å². The molecule has 0 radical (unpaired) electrons. The fourth-order valence-corrected chi connectivity index (χ4v) is 2.11. The van der Waals surface area contributed by atoms with Crippen LogP contribution in [-0.2, 0) is 11.2 Å². The standard InChI is InChI=1S/C10H18N4O/c1-8-12-13-10(4-6-15-2)14(8)9-3-5-11-7-9/h9,11H,3-7H2,1-2H3. The van der Waals surface area contributed by atoms with E-state index < -0.39 is 0 Å². The van der Waals surface area contributed by atoms with Gasteiger partial charge < -0.3 is 14.6 Å². The largest absolute Gasteiger partial charge is 0.384 e. The number of ether oxygens (including phenoxy) is 1. The van der Waals surface area contributed by atoms with Crippen molar-refractivity contribution < 1.29 is 4.74 Å². The summed E-state index contributed by atoms with van der Waals surface area (Å²) in [6, 6.07) is 0.520. The number of aryl methyl sites for hydroxylation is 1. The van der Waals surface area contributed by atoms with Gasteiger partial charge in [-0.1, -0.05) is 0 Å². The second-order valence-electron chi connectivity index (χ2n) is 3.92. The smallest absolute Gasteiger partial charge is 0.135 e. The Balaban J connectivity index is 2.15. The minimum atomic E-state index is 0.520. The van der Waals surface area contributed by atoms with Gasteiger partial charge in [-0.15, -0.1) is 10.2 Å². The Labute approximate surface area is 89.8 Å². The maximum Gasteiger partial charge on any atom is 0.135 e. The Bertz CT molecular complexity index is 317. The van der Waals surface area contributed by atoms with Crippen LogP contribution < -0.4 is 5.32 Å². The lowest BCUT2D eigenvalue weighted by atomic mass is 10.2. The van der Waals surface area contributed by atoms with Crippen molar-refractivity contribution in [2.75, 3.05) is 26.8 Å². The number of methoxy groups -OCH3 is 1. The van der Waals surface area contributed by atoms with Crippen LogP contribution in [0.4, 0.5) is 0 Å². The first-order valence-electron chi connectivity index (χ1n) is 5.43. The molecule has 5 heteroatoms. The molecular weight excluding hydrogens is 192 g/mol. The Kier molecular flexibility index (Phi) is 3.33. The Morgan fingerprint density at radius 2 is 2.40 bits per heavy atom. The van der Waals surface area contributed by atoms with Crippen molar-refractivity contribution in [1.29, 1.82) is 0 Å². The van der Waals surface area contributed by atoms with Crippen LogP contribution in [0.2, 0.25) is 0 Å². The zero-order valence-electron chi connectivity index (χ0n) is 9.36. The van der Waals surface area contributed by atoms with Gasteiger partial charge in [-0.2, -0.15) is 0 Å². The predicted octanol–water partition coefficient (Wildman–Crippen LogP) is 0.310. The zero-order chi connectivity index (χ0) is 10.7. The molecule has 1 N–H and O–H groups in total. The third kappa shape index (κ3) is 2.18. The number of hydrogen-bond donors (Lipinski definition) is 1. The number of nitrogens with one attached hydrogen (secondary N) is 1. The third-order valence-electron chi connectivity index (χ3n) is 2.87. The lowest BCUT2D eigenvalue weighted by molar-refractivity contribution is 0.199. The first-order valence-corrected chi connectivity index (χ1v) is 5.43. The molecule has 2 heterocycles. The van der Waals surface area contributed by atoms with Crippen LogP contribution >= 0.6 is 0 Å². The maximum atomic E-state index is 5.08. The van der Waals surface area contributed by atoms with Gasteiger partial charge >= 0.3 is 0 Å². The molecule has 0 aliphatic carbocycles. The molecule has 1 aromatic rings. The third-order valence-corrected chi connectivity index (χ3v) is 2.87. The number of hydrogen-bond acceptors (Lipinski definition) is 4. The van der Waals surface area contributed by atoms with E-state index in [1.165, 1.54) is 6.42 Å². The van der Waals surface area contributed by atoms with Gasteiger partial charge in [-0.25, -0.2) is 0 Å². The van der Waals surface area contributed by atoms with Crippen LogP contribution in [0, 0.1) is 6.92 Å². The van der Waals surface area contributed by atoms with Crippen molar-refractivity contribution in [1.82, 2.24) is 20.1 Å². The van der Waals surface area contributed by atoms with Crippen molar-refractivity contribution in [2.45, 2.75) is 25.8 Å². The van der Waals surface area contributed by atoms with E-state index in [0.29, 0.717) is 12.6 Å². The summed E-state index contributed by atoms with van der Waals surface area (Å²) in [5, 5.41) is 11.7. The normalized spacial score (nSPS) is 21.1. The van der Waals surface area contributed by atoms with Gasteiger partial charge in [0.1, 0.15) is 11.6 Å². The van der Waals surface area contributed by atoms with Gasteiger partial charge in [0.05, 0.1) is 12.6 Å². The second kappa shape index (κ2) is 4.72. The summed E-state index contributed by atoms with van der Waals surface area (Å²) < 4.78 is 7.32. The van der Waals surface area contributed by atoms with Crippen LogP contribution in [0.1, 0.15) is 24.1 Å². The van der Waals surface area contributed by atoms with E-state index in [1.54, 1.807) is 7.11 Å². The summed E-state index contributed by atoms with van der Waals surface area (Å²) in [7, 11) is 1.71. The summed E-state index contributed by atoms with van der Waals surface area (Å²) in [4.78, 5) is 0. The number of nitrogens with zero attached hydrogens (tertiary/aromatic N) is 3. The molecule has 84 valence electrons. The van der Waals surface area contributed by atoms with Crippen LogP contribution in [0.15, 0.2) is 0 Å². The van der Waals surface area contributed by atoms with E-state index in [2.05, 4.69) is 20.1 Å². The van der Waals surface area contributed by atoms with Crippen molar-refractivity contribution in [3.05, 3.63) is 11.6 Å². The number of aromatic nitrogens is 3. The minimum absolute atomic E-state index is 0.520. The van der Waals surface area contributed by atoms with Crippen LogP contribution in [-0.4, -0.2) is 41.6 Å². The Morgan fingerprint density at radius 3 is 3.07 bits per heavy atom. The molecule has 1 atom stereocenters. The highest BCUT2D eigenvalue weighted by Gasteiger charge is 2.21. The van der Waals surface area contributed by atoms with Gasteiger partial charge in [0, 0.05) is 20.1 Å².